The predicted octanol–water partition coefficient (Wildman–Crippen LogP) is -0.685. The Kier molecular flexibility index (Phi) is 3.67. The largest absolute Gasteiger partial charge is 0.260 e. The van der Waals surface area contributed by atoms with E-state index in [1.165, 1.54) is 19.3 Å². The van der Waals surface area contributed by atoms with Gasteiger partial charge in [-0.1, -0.05) is 6.42 Å². The van der Waals surface area contributed by atoms with Gasteiger partial charge in [-0.05, 0) is 19.9 Å². The smallest absolute Gasteiger partial charge is 0.0720 e. The Morgan fingerprint density at radius 1 is 1.30 bits per heavy atom. The zero-order valence-electron chi connectivity index (χ0n) is 6.41. The molecule has 0 aromatic carbocycles. The van der Waals surface area contributed by atoms with Crippen molar-refractivity contribution in [2.45, 2.75) is 25.3 Å². The van der Waals surface area contributed by atoms with Crippen LogP contribution in [0.3, 0.4) is 0 Å². The summed E-state index contributed by atoms with van der Waals surface area (Å²) in [6.45, 7) is 0.757. The lowest BCUT2D eigenvalue weighted by Crippen LogP contribution is -2.49. The second kappa shape index (κ2) is 4.62. The van der Waals surface area contributed by atoms with Gasteiger partial charge in [0.1, 0.15) is 0 Å². The van der Waals surface area contributed by atoms with Crippen LogP contribution in [0, 0.1) is 0 Å². The van der Waals surface area contributed by atoms with Gasteiger partial charge in [0.05, 0.1) is 6.67 Å². The van der Waals surface area contributed by atoms with Crippen molar-refractivity contribution in [3.63, 3.8) is 0 Å². The fraction of sp³-hybridized carbons (Fsp3) is 1.00. The van der Waals surface area contributed by atoms with Crippen LogP contribution < -0.4 is 21.7 Å². The van der Waals surface area contributed by atoms with Gasteiger partial charge in [-0.15, -0.1) is 0 Å². The van der Waals surface area contributed by atoms with Gasteiger partial charge in [0.2, 0.25) is 0 Å². The van der Waals surface area contributed by atoms with Crippen molar-refractivity contribution in [2.24, 2.45) is 0 Å². The summed E-state index contributed by atoms with van der Waals surface area (Å²) in [5.41, 5.74) is 12.0. The fourth-order valence-electron chi connectivity index (χ4n) is 0.881. The van der Waals surface area contributed by atoms with E-state index in [0.29, 0.717) is 6.04 Å². The van der Waals surface area contributed by atoms with E-state index in [2.05, 4.69) is 21.7 Å². The maximum absolute atomic E-state index is 3.20. The summed E-state index contributed by atoms with van der Waals surface area (Å²) in [6, 6.07) is 0.707. The van der Waals surface area contributed by atoms with Crippen LogP contribution in [0.1, 0.15) is 19.3 Å². The Balaban J connectivity index is 1.76. The van der Waals surface area contributed by atoms with Crippen molar-refractivity contribution >= 4 is 0 Å². The molecule has 4 nitrogen and oxygen atoms in total. The van der Waals surface area contributed by atoms with Gasteiger partial charge in [0.15, 0.2) is 0 Å². The molecule has 0 spiro atoms. The molecule has 0 aromatic rings. The van der Waals surface area contributed by atoms with Gasteiger partial charge in [0, 0.05) is 6.04 Å². The van der Waals surface area contributed by atoms with Crippen LogP contribution in [0.15, 0.2) is 0 Å². The van der Waals surface area contributed by atoms with Crippen molar-refractivity contribution in [3.8, 4) is 0 Å². The van der Waals surface area contributed by atoms with Gasteiger partial charge in [-0.3, -0.25) is 10.9 Å². The summed E-state index contributed by atoms with van der Waals surface area (Å²) in [7, 11) is 1.85. The summed E-state index contributed by atoms with van der Waals surface area (Å²) in [5, 5.41) is 0. The topological polar surface area (TPSA) is 48.1 Å². The molecule has 4 N–H and O–H groups in total. The SMILES string of the molecule is CNNCNNC1CCC1. The van der Waals surface area contributed by atoms with E-state index in [9.17, 15) is 0 Å². The first-order chi connectivity index (χ1) is 4.93. The quantitative estimate of drug-likeness (QED) is 0.234. The third-order valence-electron chi connectivity index (χ3n) is 1.76. The molecule has 60 valence electrons. The Bertz CT molecular complexity index is 81.8. The molecule has 1 saturated carbocycles. The molecule has 0 radical (unpaired) electrons. The molecule has 1 aliphatic carbocycles. The molecule has 0 aliphatic heterocycles. The van der Waals surface area contributed by atoms with Crippen molar-refractivity contribution < 1.29 is 0 Å². The van der Waals surface area contributed by atoms with E-state index in [1.807, 2.05) is 7.05 Å². The van der Waals surface area contributed by atoms with E-state index in [0.717, 1.165) is 6.67 Å². The molecule has 0 amide bonds. The number of hydrogen-bond donors (Lipinski definition) is 4. The van der Waals surface area contributed by atoms with Gasteiger partial charge < -0.3 is 0 Å². The Hall–Kier alpha value is -0.160. The second-order valence-electron chi connectivity index (χ2n) is 2.55. The molecule has 0 unspecified atom stereocenters. The predicted molar refractivity (Wildman–Crippen MR) is 41.0 cm³/mol. The molecular formula is C6H16N4. The molecule has 0 saturated heterocycles. The standard InChI is InChI=1S/C6H16N4/c1-7-8-5-9-10-6-3-2-4-6/h6-10H,2-5H2,1H3. The van der Waals surface area contributed by atoms with E-state index in [4.69, 9.17) is 0 Å². The van der Waals surface area contributed by atoms with Gasteiger partial charge in [-0.25, -0.2) is 10.9 Å². The molecular weight excluding hydrogens is 128 g/mol. The van der Waals surface area contributed by atoms with Gasteiger partial charge in [0.25, 0.3) is 0 Å². The highest BCUT2D eigenvalue weighted by Gasteiger charge is 2.15. The van der Waals surface area contributed by atoms with Gasteiger partial charge in [-0.2, -0.15) is 0 Å². The van der Waals surface area contributed by atoms with Crippen LogP contribution in [0.5, 0.6) is 0 Å². The summed E-state index contributed by atoms with van der Waals surface area (Å²) in [5.74, 6) is 0. The summed E-state index contributed by atoms with van der Waals surface area (Å²) in [6.07, 6.45) is 4.00. The van der Waals surface area contributed by atoms with Crippen LogP contribution >= 0.6 is 0 Å². The number of nitrogens with one attached hydrogen (secondary N) is 4. The third-order valence-corrected chi connectivity index (χ3v) is 1.76. The van der Waals surface area contributed by atoms with Crippen molar-refractivity contribution in [1.82, 2.24) is 21.7 Å². The van der Waals surface area contributed by atoms with Crippen molar-refractivity contribution in [3.05, 3.63) is 0 Å². The first-order valence-corrected chi connectivity index (χ1v) is 3.81. The maximum Gasteiger partial charge on any atom is 0.0720 e. The highest BCUT2D eigenvalue weighted by atomic mass is 15.5. The van der Waals surface area contributed by atoms with Gasteiger partial charge >= 0.3 is 0 Å². The molecule has 0 bridgehead atoms. The first-order valence-electron chi connectivity index (χ1n) is 3.81. The number of hydrazine groups is 2. The average Bonchev–Trinajstić information content (AvgIpc) is 1.84. The van der Waals surface area contributed by atoms with E-state index >= 15 is 0 Å². The Morgan fingerprint density at radius 2 is 2.10 bits per heavy atom. The Morgan fingerprint density at radius 3 is 2.60 bits per heavy atom. The zero-order valence-corrected chi connectivity index (χ0v) is 6.41. The third kappa shape index (κ3) is 2.62. The van der Waals surface area contributed by atoms with E-state index < -0.39 is 0 Å². The summed E-state index contributed by atoms with van der Waals surface area (Å²) in [4.78, 5) is 0. The first kappa shape index (κ1) is 7.94. The molecule has 0 aromatic heterocycles. The Labute approximate surface area is 61.7 Å². The van der Waals surface area contributed by atoms with Crippen molar-refractivity contribution in [2.75, 3.05) is 13.7 Å². The maximum atomic E-state index is 3.20. The molecule has 4 heteroatoms. The monoisotopic (exact) mass is 144 g/mol. The highest BCUT2D eigenvalue weighted by Crippen LogP contribution is 2.16. The molecule has 1 rings (SSSR count). The van der Waals surface area contributed by atoms with E-state index in [1.54, 1.807) is 0 Å². The van der Waals surface area contributed by atoms with Crippen LogP contribution in [-0.2, 0) is 0 Å². The van der Waals surface area contributed by atoms with Crippen molar-refractivity contribution in [1.29, 1.82) is 0 Å². The lowest BCUT2D eigenvalue weighted by atomic mass is 9.94. The fourth-order valence-corrected chi connectivity index (χ4v) is 0.881. The minimum atomic E-state index is 0.707. The molecule has 1 fully saturated rings. The second-order valence-corrected chi connectivity index (χ2v) is 2.55. The van der Waals surface area contributed by atoms with E-state index in [-0.39, 0.29) is 0 Å². The zero-order chi connectivity index (χ0) is 7.23. The number of rotatable bonds is 5. The number of hydrogen-bond acceptors (Lipinski definition) is 4. The lowest BCUT2D eigenvalue weighted by Gasteiger charge is -2.26. The minimum Gasteiger partial charge on any atom is -0.260 e. The average molecular weight is 144 g/mol. The molecule has 1 aliphatic rings. The molecule has 0 heterocycles. The van der Waals surface area contributed by atoms with Crippen LogP contribution in [0.25, 0.3) is 0 Å². The van der Waals surface area contributed by atoms with Crippen LogP contribution in [0.2, 0.25) is 0 Å². The summed E-state index contributed by atoms with van der Waals surface area (Å²) >= 11 is 0. The highest BCUT2D eigenvalue weighted by molar-refractivity contribution is 4.73. The summed E-state index contributed by atoms with van der Waals surface area (Å²) < 4.78 is 0. The van der Waals surface area contributed by atoms with Crippen LogP contribution in [0.4, 0.5) is 0 Å². The molecule has 0 atom stereocenters. The minimum absolute atomic E-state index is 0.707. The lowest BCUT2D eigenvalue weighted by molar-refractivity contribution is 0.291. The van der Waals surface area contributed by atoms with Crippen LogP contribution in [-0.4, -0.2) is 19.8 Å². The normalized spacial score (nSPS) is 18.9. The molecule has 10 heavy (non-hydrogen) atoms.